The second kappa shape index (κ2) is 7.84. The van der Waals surface area contributed by atoms with Gasteiger partial charge in [-0.3, -0.25) is 0 Å². The molecule has 0 atom stereocenters. The normalized spacial score (nSPS) is 20.4. The van der Waals surface area contributed by atoms with Crippen molar-refractivity contribution < 1.29 is 0 Å². The first-order chi connectivity index (χ1) is 9.86. The Balaban J connectivity index is 2.80. The van der Waals surface area contributed by atoms with E-state index in [9.17, 15) is 0 Å². The standard InChI is InChI=1S/C20H27N/c1-16(8-6-9-17(2)13-15-21)11-12-19-18(3)10-7-14-20(19,4)5/h6,8-9,11-13H,7,10,14H2,1-5H3. The van der Waals surface area contributed by atoms with Gasteiger partial charge < -0.3 is 0 Å². The Morgan fingerprint density at radius 1 is 1.19 bits per heavy atom. The molecule has 0 saturated heterocycles. The van der Waals surface area contributed by atoms with Gasteiger partial charge >= 0.3 is 0 Å². The van der Waals surface area contributed by atoms with E-state index < -0.39 is 0 Å². The fraction of sp³-hybridized carbons (Fsp3) is 0.450. The van der Waals surface area contributed by atoms with E-state index in [2.05, 4.69) is 45.9 Å². The predicted octanol–water partition coefficient (Wildman–Crippen LogP) is 6.04. The van der Waals surface area contributed by atoms with Crippen LogP contribution >= 0.6 is 0 Å². The summed E-state index contributed by atoms with van der Waals surface area (Å²) in [6, 6.07) is 2.03. The van der Waals surface area contributed by atoms with Crippen molar-refractivity contribution in [1.29, 1.82) is 5.26 Å². The van der Waals surface area contributed by atoms with E-state index in [0.29, 0.717) is 5.41 Å². The number of rotatable bonds is 4. The lowest BCUT2D eigenvalue weighted by Gasteiger charge is -2.32. The summed E-state index contributed by atoms with van der Waals surface area (Å²) in [5.74, 6) is 0. The minimum absolute atomic E-state index is 0.293. The summed E-state index contributed by atoms with van der Waals surface area (Å²) in [6.45, 7) is 11.0. The van der Waals surface area contributed by atoms with Crippen LogP contribution in [-0.2, 0) is 0 Å². The van der Waals surface area contributed by atoms with E-state index in [-0.39, 0.29) is 0 Å². The summed E-state index contributed by atoms with van der Waals surface area (Å²) in [5, 5.41) is 8.56. The fourth-order valence-electron chi connectivity index (χ4n) is 2.78. The summed E-state index contributed by atoms with van der Waals surface area (Å²) in [7, 11) is 0. The van der Waals surface area contributed by atoms with Crippen LogP contribution in [-0.4, -0.2) is 0 Å². The maximum absolute atomic E-state index is 8.56. The zero-order valence-electron chi connectivity index (χ0n) is 14.0. The molecule has 1 aliphatic rings. The first-order valence-electron chi connectivity index (χ1n) is 7.66. The van der Waals surface area contributed by atoms with Crippen molar-refractivity contribution in [3.8, 4) is 6.07 Å². The number of nitrogens with zero attached hydrogens (tertiary/aromatic N) is 1. The molecule has 0 aromatic heterocycles. The van der Waals surface area contributed by atoms with Crippen LogP contribution in [0.1, 0.15) is 53.9 Å². The summed E-state index contributed by atoms with van der Waals surface area (Å²) in [4.78, 5) is 0. The number of allylic oxidation sites excluding steroid dienone is 10. The molecule has 0 N–H and O–H groups in total. The predicted molar refractivity (Wildman–Crippen MR) is 91.7 cm³/mol. The molecule has 1 nitrogen and oxygen atoms in total. The van der Waals surface area contributed by atoms with Gasteiger partial charge in [-0.05, 0) is 56.6 Å². The molecule has 112 valence electrons. The molecule has 21 heavy (non-hydrogen) atoms. The molecule has 0 saturated carbocycles. The highest BCUT2D eigenvalue weighted by Crippen LogP contribution is 2.40. The van der Waals surface area contributed by atoms with E-state index in [0.717, 1.165) is 5.57 Å². The number of nitriles is 1. The van der Waals surface area contributed by atoms with Gasteiger partial charge in [-0.25, -0.2) is 0 Å². The molecule has 0 fully saturated rings. The van der Waals surface area contributed by atoms with E-state index in [1.807, 2.05) is 25.1 Å². The molecule has 0 spiro atoms. The number of hydrogen-bond donors (Lipinski definition) is 0. The van der Waals surface area contributed by atoms with Crippen LogP contribution in [0.2, 0.25) is 0 Å². The Kier molecular flexibility index (Phi) is 6.43. The topological polar surface area (TPSA) is 23.8 Å². The lowest BCUT2D eigenvalue weighted by molar-refractivity contribution is 0.377. The number of hydrogen-bond acceptors (Lipinski definition) is 1. The van der Waals surface area contributed by atoms with E-state index in [1.54, 1.807) is 6.08 Å². The molecule has 0 radical (unpaired) electrons. The maximum Gasteiger partial charge on any atom is 0.0914 e. The highest BCUT2D eigenvalue weighted by atomic mass is 14.3. The van der Waals surface area contributed by atoms with Gasteiger partial charge in [0.15, 0.2) is 0 Å². The van der Waals surface area contributed by atoms with Gasteiger partial charge in [0.05, 0.1) is 6.07 Å². The van der Waals surface area contributed by atoms with Crippen LogP contribution in [0, 0.1) is 16.7 Å². The second-order valence-electron chi connectivity index (χ2n) is 6.55. The van der Waals surface area contributed by atoms with Gasteiger partial charge in [0.2, 0.25) is 0 Å². The highest BCUT2D eigenvalue weighted by Gasteiger charge is 2.26. The monoisotopic (exact) mass is 281 g/mol. The Morgan fingerprint density at radius 2 is 1.90 bits per heavy atom. The van der Waals surface area contributed by atoms with Crippen LogP contribution in [0.15, 0.2) is 58.7 Å². The first-order valence-corrected chi connectivity index (χ1v) is 7.66. The zero-order valence-corrected chi connectivity index (χ0v) is 14.0. The van der Waals surface area contributed by atoms with Crippen molar-refractivity contribution in [2.75, 3.05) is 0 Å². The fourth-order valence-corrected chi connectivity index (χ4v) is 2.78. The quantitative estimate of drug-likeness (QED) is 0.455. The van der Waals surface area contributed by atoms with Crippen molar-refractivity contribution in [3.05, 3.63) is 58.7 Å². The van der Waals surface area contributed by atoms with Crippen LogP contribution in [0.4, 0.5) is 0 Å². The van der Waals surface area contributed by atoms with E-state index in [4.69, 9.17) is 5.26 Å². The SMILES string of the molecule is CC(C=CC=C(C)C=CC1=C(C)CCCC1(C)C)=CC#N. The first kappa shape index (κ1) is 17.2. The molecule has 1 heteroatoms. The average Bonchev–Trinajstić information content (AvgIpc) is 2.37. The molecule has 0 bridgehead atoms. The summed E-state index contributed by atoms with van der Waals surface area (Å²) >= 11 is 0. The largest absolute Gasteiger partial charge is 0.193 e. The van der Waals surface area contributed by atoms with Crippen molar-refractivity contribution in [2.24, 2.45) is 5.41 Å². The molecule has 0 heterocycles. The van der Waals surface area contributed by atoms with Crippen LogP contribution in [0.25, 0.3) is 0 Å². The van der Waals surface area contributed by atoms with Gasteiger partial charge in [-0.2, -0.15) is 5.26 Å². The third kappa shape index (κ3) is 5.60. The van der Waals surface area contributed by atoms with Crippen molar-refractivity contribution in [3.63, 3.8) is 0 Å². The summed E-state index contributed by atoms with van der Waals surface area (Å²) < 4.78 is 0. The van der Waals surface area contributed by atoms with Crippen molar-refractivity contribution in [2.45, 2.75) is 53.9 Å². The molecule has 0 amide bonds. The molecule has 1 aliphatic carbocycles. The highest BCUT2D eigenvalue weighted by molar-refractivity contribution is 5.37. The second-order valence-corrected chi connectivity index (χ2v) is 6.55. The molecule has 0 aromatic rings. The third-order valence-corrected chi connectivity index (χ3v) is 4.07. The van der Waals surface area contributed by atoms with E-state index >= 15 is 0 Å². The zero-order chi connectivity index (χ0) is 15.9. The molecular formula is C20H27N. The molecule has 0 aromatic carbocycles. The average molecular weight is 281 g/mol. The van der Waals surface area contributed by atoms with Crippen LogP contribution in [0.5, 0.6) is 0 Å². The molecule has 1 rings (SSSR count). The lowest BCUT2D eigenvalue weighted by atomic mass is 9.72. The van der Waals surface area contributed by atoms with Crippen LogP contribution in [0.3, 0.4) is 0 Å². The lowest BCUT2D eigenvalue weighted by Crippen LogP contribution is -2.19. The minimum atomic E-state index is 0.293. The maximum atomic E-state index is 8.56. The Labute approximate surface area is 130 Å². The van der Waals surface area contributed by atoms with Crippen molar-refractivity contribution >= 4 is 0 Å². The van der Waals surface area contributed by atoms with Gasteiger partial charge in [0.1, 0.15) is 0 Å². The van der Waals surface area contributed by atoms with E-state index in [1.165, 1.54) is 36.0 Å². The molecule has 0 unspecified atom stereocenters. The Hall–Kier alpha value is -1.81. The Morgan fingerprint density at radius 3 is 2.52 bits per heavy atom. The van der Waals surface area contributed by atoms with Gasteiger partial charge in [-0.15, -0.1) is 0 Å². The molecule has 0 aliphatic heterocycles. The minimum Gasteiger partial charge on any atom is -0.193 e. The van der Waals surface area contributed by atoms with Gasteiger partial charge in [0.25, 0.3) is 0 Å². The van der Waals surface area contributed by atoms with Crippen molar-refractivity contribution in [1.82, 2.24) is 0 Å². The molecular weight excluding hydrogens is 254 g/mol. The smallest absolute Gasteiger partial charge is 0.0914 e. The van der Waals surface area contributed by atoms with Gasteiger partial charge in [0, 0.05) is 6.08 Å². The Bertz CT molecular complexity index is 557. The summed E-state index contributed by atoms with van der Waals surface area (Å²) in [6.07, 6.45) is 15.9. The summed E-state index contributed by atoms with van der Waals surface area (Å²) in [5.41, 5.74) is 5.50. The third-order valence-electron chi connectivity index (χ3n) is 4.07. The van der Waals surface area contributed by atoms with Crippen LogP contribution < -0.4 is 0 Å². The van der Waals surface area contributed by atoms with Gasteiger partial charge in [-0.1, -0.05) is 55.4 Å².